The molecule has 0 atom stereocenters. The third-order valence-electron chi connectivity index (χ3n) is 5.28. The summed E-state index contributed by atoms with van der Waals surface area (Å²) < 4.78 is 39.9. The van der Waals surface area contributed by atoms with Crippen molar-refractivity contribution in [3.05, 3.63) is 42.4 Å². The van der Waals surface area contributed by atoms with E-state index in [1.807, 2.05) is 11.0 Å². The minimum Gasteiger partial charge on any atom is -0.353 e. The molecule has 1 aliphatic heterocycles. The Hall–Kier alpha value is -3.04. The number of nitrogens with zero attached hydrogens (tertiary/aromatic N) is 7. The molecule has 2 fully saturated rings. The number of halogens is 3. The summed E-state index contributed by atoms with van der Waals surface area (Å²) in [6.45, 7) is 2.35. The topological polar surface area (TPSA) is 70.9 Å². The van der Waals surface area contributed by atoms with Crippen LogP contribution in [0.15, 0.2) is 30.9 Å². The summed E-state index contributed by atoms with van der Waals surface area (Å²) in [6, 6.07) is 2.94. The average Bonchev–Trinajstić information content (AvgIpc) is 3.58. The number of alkyl halides is 3. The van der Waals surface area contributed by atoms with Crippen molar-refractivity contribution in [1.29, 1.82) is 0 Å². The lowest BCUT2D eigenvalue weighted by atomic mass is 10.2. The normalized spacial score (nSPS) is 17.8. The summed E-state index contributed by atoms with van der Waals surface area (Å²) >= 11 is 0. The number of anilines is 2. The van der Waals surface area contributed by atoms with Crippen molar-refractivity contribution in [1.82, 2.24) is 24.9 Å². The number of hydrogen-bond donors (Lipinski definition) is 0. The number of aromatic nitrogens is 5. The quantitative estimate of drug-likeness (QED) is 0.668. The maximum atomic E-state index is 13.3. The Morgan fingerprint density at radius 1 is 0.966 bits per heavy atom. The molecule has 0 radical (unpaired) electrons. The van der Waals surface area contributed by atoms with E-state index in [-0.39, 0.29) is 5.92 Å². The van der Waals surface area contributed by atoms with E-state index in [9.17, 15) is 13.2 Å². The summed E-state index contributed by atoms with van der Waals surface area (Å²) in [4.78, 5) is 24.9. The van der Waals surface area contributed by atoms with E-state index >= 15 is 0 Å². The highest BCUT2D eigenvalue weighted by Gasteiger charge is 2.37. The summed E-state index contributed by atoms with van der Waals surface area (Å²) in [5.74, 6) is 1.53. The van der Waals surface area contributed by atoms with Crippen molar-refractivity contribution >= 4 is 22.5 Å². The van der Waals surface area contributed by atoms with Gasteiger partial charge in [0, 0.05) is 49.7 Å². The van der Waals surface area contributed by atoms with Crippen molar-refractivity contribution in [2.45, 2.75) is 24.9 Å². The molecule has 5 rings (SSSR count). The maximum absolute atomic E-state index is 13.3. The third-order valence-corrected chi connectivity index (χ3v) is 5.28. The molecule has 150 valence electrons. The van der Waals surface area contributed by atoms with Gasteiger partial charge in [0.05, 0.1) is 11.7 Å². The Morgan fingerprint density at radius 2 is 1.72 bits per heavy atom. The van der Waals surface area contributed by atoms with Gasteiger partial charge in [-0.25, -0.2) is 19.9 Å². The average molecular weight is 401 g/mol. The summed E-state index contributed by atoms with van der Waals surface area (Å²) in [5.41, 5.74) is -0.0965. The highest BCUT2D eigenvalue weighted by Crippen LogP contribution is 2.40. The lowest BCUT2D eigenvalue weighted by molar-refractivity contribution is -0.141. The monoisotopic (exact) mass is 401 g/mol. The maximum Gasteiger partial charge on any atom is 0.433 e. The first-order valence-corrected chi connectivity index (χ1v) is 9.50. The van der Waals surface area contributed by atoms with Gasteiger partial charge >= 0.3 is 6.18 Å². The van der Waals surface area contributed by atoms with Gasteiger partial charge in [0.15, 0.2) is 0 Å². The van der Waals surface area contributed by atoms with Gasteiger partial charge in [0.1, 0.15) is 29.5 Å². The Morgan fingerprint density at radius 3 is 2.45 bits per heavy atom. The molecule has 1 saturated carbocycles. The van der Waals surface area contributed by atoms with Crippen LogP contribution in [0.1, 0.15) is 30.3 Å². The van der Waals surface area contributed by atoms with E-state index in [1.54, 1.807) is 12.4 Å². The van der Waals surface area contributed by atoms with Crippen molar-refractivity contribution in [3.8, 4) is 0 Å². The van der Waals surface area contributed by atoms with Crippen LogP contribution in [-0.4, -0.2) is 51.1 Å². The van der Waals surface area contributed by atoms with E-state index in [2.05, 4.69) is 29.8 Å². The van der Waals surface area contributed by atoms with Crippen molar-refractivity contribution in [2.75, 3.05) is 36.0 Å². The van der Waals surface area contributed by atoms with Crippen LogP contribution in [0.2, 0.25) is 0 Å². The van der Waals surface area contributed by atoms with Gasteiger partial charge in [-0.3, -0.25) is 4.98 Å². The molecular formula is C19H18F3N7. The molecule has 29 heavy (non-hydrogen) atoms. The van der Waals surface area contributed by atoms with Crippen LogP contribution in [0.5, 0.6) is 0 Å². The molecule has 10 heteroatoms. The standard InChI is InChI=1S/C19H18F3N7/c20-19(21,22)15-9-16(27-17(26-15)12-1-2-12)28-5-7-29(8-6-28)18-13-3-4-23-10-14(13)24-11-25-18/h3-4,9-12H,1-2,5-8H2. The zero-order valence-corrected chi connectivity index (χ0v) is 15.5. The molecule has 7 nitrogen and oxygen atoms in total. The molecule has 0 spiro atoms. The van der Waals surface area contributed by atoms with Crippen LogP contribution in [0.3, 0.4) is 0 Å². The van der Waals surface area contributed by atoms with Gasteiger partial charge in [-0.2, -0.15) is 13.2 Å². The molecule has 1 aliphatic carbocycles. The van der Waals surface area contributed by atoms with E-state index in [1.165, 1.54) is 6.33 Å². The van der Waals surface area contributed by atoms with Gasteiger partial charge in [0.25, 0.3) is 0 Å². The lowest BCUT2D eigenvalue weighted by Gasteiger charge is -2.36. The Labute approximate surface area is 164 Å². The first-order valence-electron chi connectivity index (χ1n) is 9.50. The van der Waals surface area contributed by atoms with Crippen molar-refractivity contribution in [3.63, 3.8) is 0 Å². The van der Waals surface area contributed by atoms with Gasteiger partial charge in [-0.15, -0.1) is 0 Å². The van der Waals surface area contributed by atoms with Gasteiger partial charge in [-0.1, -0.05) is 0 Å². The lowest BCUT2D eigenvalue weighted by Crippen LogP contribution is -2.47. The summed E-state index contributed by atoms with van der Waals surface area (Å²) in [7, 11) is 0. The molecule has 4 heterocycles. The highest BCUT2D eigenvalue weighted by atomic mass is 19.4. The van der Waals surface area contributed by atoms with Crippen LogP contribution in [0.25, 0.3) is 10.9 Å². The highest BCUT2D eigenvalue weighted by molar-refractivity contribution is 5.88. The molecule has 0 amide bonds. The predicted molar refractivity (Wildman–Crippen MR) is 101 cm³/mol. The molecule has 2 aliphatic rings. The first kappa shape index (κ1) is 18.0. The smallest absolute Gasteiger partial charge is 0.353 e. The second-order valence-electron chi connectivity index (χ2n) is 7.31. The number of piperazine rings is 1. The minimum atomic E-state index is -4.48. The van der Waals surface area contributed by atoms with Crippen LogP contribution in [0, 0.1) is 0 Å². The first-order chi connectivity index (χ1) is 14.0. The van der Waals surface area contributed by atoms with Crippen LogP contribution in [0.4, 0.5) is 24.8 Å². The van der Waals surface area contributed by atoms with Gasteiger partial charge in [0.2, 0.25) is 0 Å². The number of rotatable bonds is 3. The Balaban J connectivity index is 1.38. The van der Waals surface area contributed by atoms with Crippen molar-refractivity contribution < 1.29 is 13.2 Å². The second-order valence-corrected chi connectivity index (χ2v) is 7.31. The molecule has 1 saturated heterocycles. The molecule has 3 aromatic heterocycles. The zero-order chi connectivity index (χ0) is 20.0. The molecule has 0 N–H and O–H groups in total. The Kier molecular flexibility index (Phi) is 4.21. The molecule has 3 aromatic rings. The molecular weight excluding hydrogens is 383 g/mol. The Bertz CT molecular complexity index is 1040. The number of pyridine rings is 1. The van der Waals surface area contributed by atoms with E-state index in [4.69, 9.17) is 0 Å². The van der Waals surface area contributed by atoms with Crippen LogP contribution >= 0.6 is 0 Å². The fraction of sp³-hybridized carbons (Fsp3) is 0.421. The van der Waals surface area contributed by atoms with E-state index in [0.717, 1.165) is 35.6 Å². The van der Waals surface area contributed by atoms with Crippen LogP contribution < -0.4 is 9.80 Å². The largest absolute Gasteiger partial charge is 0.433 e. The summed E-state index contributed by atoms with van der Waals surface area (Å²) in [6.07, 6.45) is 2.12. The van der Waals surface area contributed by atoms with Crippen molar-refractivity contribution in [2.24, 2.45) is 0 Å². The fourth-order valence-corrected chi connectivity index (χ4v) is 3.58. The van der Waals surface area contributed by atoms with Gasteiger partial charge < -0.3 is 9.80 Å². The zero-order valence-electron chi connectivity index (χ0n) is 15.5. The number of fused-ring (bicyclic) bond motifs is 1. The SMILES string of the molecule is FC(F)(F)c1cc(N2CCN(c3ncnc4cnccc34)CC2)nc(C2CC2)n1. The third kappa shape index (κ3) is 3.54. The summed E-state index contributed by atoms with van der Waals surface area (Å²) in [5, 5.41) is 0.911. The minimum absolute atomic E-state index is 0.0540. The van der Waals surface area contributed by atoms with E-state index in [0.29, 0.717) is 37.8 Å². The van der Waals surface area contributed by atoms with Crippen LogP contribution in [-0.2, 0) is 6.18 Å². The predicted octanol–water partition coefficient (Wildman–Crippen LogP) is 3.04. The molecule has 0 bridgehead atoms. The molecule has 0 aromatic carbocycles. The van der Waals surface area contributed by atoms with Gasteiger partial charge in [-0.05, 0) is 18.9 Å². The fourth-order valence-electron chi connectivity index (χ4n) is 3.58. The number of hydrogen-bond acceptors (Lipinski definition) is 7. The molecule has 0 unspecified atom stereocenters. The van der Waals surface area contributed by atoms with E-state index < -0.39 is 11.9 Å². The second kappa shape index (κ2) is 6.78.